The van der Waals surface area contributed by atoms with Crippen LogP contribution in [0.5, 0.6) is 0 Å². The van der Waals surface area contributed by atoms with E-state index in [2.05, 4.69) is 21.0 Å². The van der Waals surface area contributed by atoms with Crippen LogP contribution in [0, 0.1) is 5.92 Å². The maximum atomic E-state index is 13.2. The van der Waals surface area contributed by atoms with Gasteiger partial charge in [-0.1, -0.05) is 28.1 Å². The van der Waals surface area contributed by atoms with Gasteiger partial charge in [-0.05, 0) is 30.9 Å². The molecule has 0 spiro atoms. The zero-order valence-corrected chi connectivity index (χ0v) is 12.5. The summed E-state index contributed by atoms with van der Waals surface area (Å²) in [4.78, 5) is 0. The van der Waals surface area contributed by atoms with Gasteiger partial charge in [0.2, 0.25) is 0 Å². The first-order valence-electron chi connectivity index (χ1n) is 6.54. The van der Waals surface area contributed by atoms with Gasteiger partial charge in [-0.15, -0.1) is 0 Å². The minimum absolute atomic E-state index is 0.0437. The van der Waals surface area contributed by atoms with Gasteiger partial charge in [0.1, 0.15) is 5.82 Å². The van der Waals surface area contributed by atoms with Crippen molar-refractivity contribution in [1.82, 2.24) is 9.78 Å². The molecule has 0 bridgehead atoms. The van der Waals surface area contributed by atoms with Gasteiger partial charge in [0.15, 0.2) is 6.04 Å². The summed E-state index contributed by atoms with van der Waals surface area (Å²) in [6.07, 6.45) is -3.20. The number of aromatic nitrogens is 2. The molecule has 3 rings (SSSR count). The van der Waals surface area contributed by atoms with Crippen LogP contribution >= 0.6 is 15.9 Å². The molecular formula is C14H13BrF3N3. The molecule has 0 amide bonds. The Labute approximate surface area is 128 Å². The van der Waals surface area contributed by atoms with E-state index < -0.39 is 18.1 Å². The van der Waals surface area contributed by atoms with E-state index in [9.17, 15) is 13.2 Å². The molecule has 3 nitrogen and oxygen atoms in total. The average Bonchev–Trinajstić information content (AvgIpc) is 3.14. The minimum Gasteiger partial charge on any atom is -0.384 e. The summed E-state index contributed by atoms with van der Waals surface area (Å²) in [5.74, 6) is -0.368. The first kappa shape index (κ1) is 14.4. The van der Waals surface area contributed by atoms with E-state index in [-0.39, 0.29) is 5.82 Å². The molecule has 0 aliphatic heterocycles. The number of nitrogens with zero attached hydrogens (tertiary/aromatic N) is 2. The molecule has 1 unspecified atom stereocenters. The lowest BCUT2D eigenvalue weighted by Crippen LogP contribution is -2.30. The number of hydrogen-bond acceptors (Lipinski definition) is 2. The molecule has 1 aliphatic carbocycles. The molecule has 1 aromatic carbocycles. The van der Waals surface area contributed by atoms with Crippen molar-refractivity contribution < 1.29 is 13.2 Å². The number of rotatable bonds is 3. The number of hydrogen-bond donors (Lipinski definition) is 1. The second kappa shape index (κ2) is 5.05. The fourth-order valence-corrected chi connectivity index (χ4v) is 2.68. The SMILES string of the molecule is Nc1cc(-c2ccc(Br)cc2)nn1C(C1CC1)C(F)(F)F. The lowest BCUT2D eigenvalue weighted by atomic mass is 10.1. The van der Waals surface area contributed by atoms with Gasteiger partial charge in [0.05, 0.1) is 5.69 Å². The van der Waals surface area contributed by atoms with E-state index in [1.54, 1.807) is 12.1 Å². The van der Waals surface area contributed by atoms with Crippen molar-refractivity contribution in [2.75, 3.05) is 5.73 Å². The summed E-state index contributed by atoms with van der Waals surface area (Å²) >= 11 is 3.32. The summed E-state index contributed by atoms with van der Waals surface area (Å²) in [6.45, 7) is 0. The highest BCUT2D eigenvalue weighted by atomic mass is 79.9. The van der Waals surface area contributed by atoms with E-state index in [1.807, 2.05) is 12.1 Å². The topological polar surface area (TPSA) is 43.8 Å². The second-order valence-corrected chi connectivity index (χ2v) is 6.15. The van der Waals surface area contributed by atoms with E-state index in [0.29, 0.717) is 18.5 Å². The molecule has 1 saturated carbocycles. The summed E-state index contributed by atoms with van der Waals surface area (Å²) in [7, 11) is 0. The zero-order chi connectivity index (χ0) is 15.2. The molecule has 0 radical (unpaired) electrons. The van der Waals surface area contributed by atoms with Crippen LogP contribution in [0.25, 0.3) is 11.3 Å². The number of nitrogens with two attached hydrogens (primary N) is 1. The van der Waals surface area contributed by atoms with Gasteiger partial charge >= 0.3 is 6.18 Å². The molecule has 2 aromatic rings. The van der Waals surface area contributed by atoms with Crippen LogP contribution in [0.4, 0.5) is 19.0 Å². The van der Waals surface area contributed by atoms with Crippen LogP contribution in [0.1, 0.15) is 18.9 Å². The summed E-state index contributed by atoms with van der Waals surface area (Å²) in [6, 6.07) is 7.07. The maximum Gasteiger partial charge on any atom is 0.411 e. The molecule has 1 atom stereocenters. The fraction of sp³-hybridized carbons (Fsp3) is 0.357. The van der Waals surface area contributed by atoms with Gasteiger partial charge in [-0.25, -0.2) is 4.68 Å². The number of benzene rings is 1. The summed E-state index contributed by atoms with van der Waals surface area (Å²) < 4.78 is 41.5. The van der Waals surface area contributed by atoms with Gasteiger partial charge in [-0.2, -0.15) is 18.3 Å². The van der Waals surface area contributed by atoms with Crippen molar-refractivity contribution in [3.05, 3.63) is 34.8 Å². The van der Waals surface area contributed by atoms with Crippen LogP contribution < -0.4 is 5.73 Å². The molecule has 1 fully saturated rings. The highest BCUT2D eigenvalue weighted by molar-refractivity contribution is 9.10. The van der Waals surface area contributed by atoms with E-state index in [0.717, 1.165) is 14.7 Å². The zero-order valence-electron chi connectivity index (χ0n) is 10.9. The number of alkyl halides is 3. The third kappa shape index (κ3) is 2.92. The Bertz CT molecular complexity index is 644. The fourth-order valence-electron chi connectivity index (χ4n) is 2.41. The van der Waals surface area contributed by atoms with Crippen LogP contribution in [-0.2, 0) is 0 Å². The molecule has 0 saturated heterocycles. The van der Waals surface area contributed by atoms with Crippen molar-refractivity contribution >= 4 is 21.7 Å². The van der Waals surface area contributed by atoms with Crippen molar-refractivity contribution in [2.24, 2.45) is 5.92 Å². The second-order valence-electron chi connectivity index (χ2n) is 5.23. The predicted octanol–water partition coefficient (Wildman–Crippen LogP) is 4.41. The van der Waals surface area contributed by atoms with Crippen molar-refractivity contribution in [3.8, 4) is 11.3 Å². The van der Waals surface area contributed by atoms with E-state index in [4.69, 9.17) is 5.73 Å². The van der Waals surface area contributed by atoms with Gasteiger partial charge in [0, 0.05) is 16.1 Å². The van der Waals surface area contributed by atoms with E-state index >= 15 is 0 Å². The van der Waals surface area contributed by atoms with Crippen molar-refractivity contribution in [3.63, 3.8) is 0 Å². The normalized spacial score (nSPS) is 17.0. The standard InChI is InChI=1S/C14H13BrF3N3/c15-10-5-3-8(4-6-10)11-7-12(19)21(20-11)13(9-1-2-9)14(16,17)18/h3-7,9,13H,1-2,19H2. The Balaban J connectivity index is 1.99. The van der Waals surface area contributed by atoms with Gasteiger partial charge in [0.25, 0.3) is 0 Å². The first-order valence-corrected chi connectivity index (χ1v) is 7.33. The summed E-state index contributed by atoms with van der Waals surface area (Å²) in [5, 5.41) is 4.09. The van der Waals surface area contributed by atoms with Gasteiger partial charge < -0.3 is 5.73 Å². The number of nitrogen functional groups attached to an aromatic ring is 1. The van der Waals surface area contributed by atoms with Crippen molar-refractivity contribution in [1.29, 1.82) is 0 Å². The molecular weight excluding hydrogens is 347 g/mol. The van der Waals surface area contributed by atoms with Crippen LogP contribution in [-0.4, -0.2) is 16.0 Å². The average molecular weight is 360 g/mol. The molecule has 2 N–H and O–H groups in total. The number of halogens is 4. The number of anilines is 1. The Morgan fingerprint density at radius 1 is 1.24 bits per heavy atom. The molecule has 112 valence electrons. The molecule has 7 heteroatoms. The molecule has 21 heavy (non-hydrogen) atoms. The molecule has 1 aliphatic rings. The third-order valence-electron chi connectivity index (χ3n) is 3.57. The van der Waals surface area contributed by atoms with Gasteiger partial charge in [-0.3, -0.25) is 0 Å². The largest absolute Gasteiger partial charge is 0.411 e. The van der Waals surface area contributed by atoms with Crippen LogP contribution in [0.15, 0.2) is 34.8 Å². The van der Waals surface area contributed by atoms with Crippen molar-refractivity contribution in [2.45, 2.75) is 25.1 Å². The quantitative estimate of drug-likeness (QED) is 0.881. The smallest absolute Gasteiger partial charge is 0.384 e. The third-order valence-corrected chi connectivity index (χ3v) is 4.10. The minimum atomic E-state index is -4.34. The van der Waals surface area contributed by atoms with Crippen LogP contribution in [0.3, 0.4) is 0 Å². The van der Waals surface area contributed by atoms with E-state index in [1.165, 1.54) is 6.07 Å². The predicted molar refractivity (Wildman–Crippen MR) is 77.6 cm³/mol. The molecule has 1 heterocycles. The highest BCUT2D eigenvalue weighted by Gasteiger charge is 2.51. The Morgan fingerprint density at radius 2 is 1.86 bits per heavy atom. The highest BCUT2D eigenvalue weighted by Crippen LogP contribution is 2.49. The molecule has 1 aromatic heterocycles. The lowest BCUT2D eigenvalue weighted by Gasteiger charge is -2.21. The Kier molecular flexibility index (Phi) is 3.47. The van der Waals surface area contributed by atoms with Crippen LogP contribution in [0.2, 0.25) is 0 Å². The first-order chi connectivity index (χ1) is 9.86. The lowest BCUT2D eigenvalue weighted by molar-refractivity contribution is -0.175. The maximum absolute atomic E-state index is 13.2. The monoisotopic (exact) mass is 359 g/mol. The Morgan fingerprint density at radius 3 is 2.38 bits per heavy atom. The summed E-state index contributed by atoms with van der Waals surface area (Å²) in [5.41, 5.74) is 6.95. The Hall–Kier alpha value is -1.50.